The minimum Gasteiger partial charge on any atom is -0.356 e. The molecule has 0 aliphatic rings. The van der Waals surface area contributed by atoms with Gasteiger partial charge in [0.2, 0.25) is 0 Å². The van der Waals surface area contributed by atoms with E-state index in [0.717, 1.165) is 0 Å². The van der Waals surface area contributed by atoms with Crippen LogP contribution < -0.4 is 0 Å². The van der Waals surface area contributed by atoms with E-state index in [1.165, 1.54) is 0 Å². The molecule has 24 nitrogen and oxygen atoms in total. The molecule has 0 aromatic heterocycles. The predicted molar refractivity (Wildman–Crippen MR) is 62.2 cm³/mol. The van der Waals surface area contributed by atoms with Gasteiger partial charge in [-0.1, -0.05) is 0 Å². The number of hydrogen-bond acceptors (Lipinski definition) is 18. The van der Waals surface area contributed by atoms with E-state index < -0.39 is 30.5 Å². The first-order chi connectivity index (χ1) is 10.4. The van der Waals surface area contributed by atoms with Crippen LogP contribution in [-0.4, -0.2) is 30.5 Å². The van der Waals surface area contributed by atoms with Crippen LogP contribution in [0.5, 0.6) is 0 Å². The Morgan fingerprint density at radius 1 is 0.259 bits per heavy atom. The van der Waals surface area contributed by atoms with Crippen LogP contribution in [0.25, 0.3) is 0 Å². The van der Waals surface area contributed by atoms with E-state index in [-0.39, 0.29) is 51.2 Å². The van der Waals surface area contributed by atoms with Crippen molar-refractivity contribution in [2.45, 2.75) is 0 Å². The zero-order valence-electron chi connectivity index (χ0n) is 10.9. The second kappa shape index (κ2) is 49.5. The predicted octanol–water partition coefficient (Wildman–Crippen LogP) is -1.44. The van der Waals surface area contributed by atoms with E-state index in [9.17, 15) is 0 Å². The summed E-state index contributed by atoms with van der Waals surface area (Å²) >= 11 is 0. The molecule has 0 fully saturated rings. The Morgan fingerprint density at radius 3 is 0.259 bits per heavy atom. The number of hydrogen-bond donors (Lipinski definition) is 0. The Kier molecular flexibility index (Phi) is 104. The molecule has 0 bridgehead atoms. The van der Waals surface area contributed by atoms with Gasteiger partial charge in [-0.3, -0.25) is 0 Å². The third kappa shape index (κ3) is 933. The maximum Gasteiger partial charge on any atom is 2.00 e. The van der Waals surface area contributed by atoms with Crippen molar-refractivity contribution in [2.24, 2.45) is 0 Å². The second-order valence-electron chi connectivity index (χ2n) is 1.34. The number of nitrogens with zero attached hydrogens (tertiary/aromatic N) is 6. The van der Waals surface area contributed by atoms with E-state index >= 15 is 0 Å². The maximum atomic E-state index is 8.25. The molecule has 27 heavy (non-hydrogen) atoms. The Balaban J connectivity index is -0.0000000201. The topological polar surface area (TPSA) is 397 Å². The molecule has 0 rings (SSSR count). The van der Waals surface area contributed by atoms with Crippen molar-refractivity contribution < 1.29 is 81.7 Å². The van der Waals surface area contributed by atoms with Crippen molar-refractivity contribution >= 4 is 0 Å². The van der Waals surface area contributed by atoms with Crippen LogP contribution in [-0.2, 0) is 51.2 Å². The van der Waals surface area contributed by atoms with Crippen LogP contribution >= 0.6 is 0 Å². The molecule has 0 N–H and O–H groups in total. The van der Waals surface area contributed by atoms with Crippen molar-refractivity contribution in [1.29, 1.82) is 0 Å². The van der Waals surface area contributed by atoms with Gasteiger partial charge in [0, 0.05) is 0 Å². The van der Waals surface area contributed by atoms with E-state index in [0.29, 0.717) is 0 Å². The van der Waals surface area contributed by atoms with Gasteiger partial charge in [-0.05, 0) is 0 Å². The van der Waals surface area contributed by atoms with Crippen LogP contribution in [0.2, 0.25) is 0 Å². The summed E-state index contributed by atoms with van der Waals surface area (Å²) in [5, 5.41) is 88.5. The van der Waals surface area contributed by atoms with Gasteiger partial charge in [-0.25, -0.2) is 0 Å². The van der Waals surface area contributed by atoms with Gasteiger partial charge in [0.05, 0.1) is 30.5 Å². The molecule has 0 spiro atoms. The van der Waals surface area contributed by atoms with Gasteiger partial charge in [0.1, 0.15) is 0 Å². The van der Waals surface area contributed by atoms with Crippen LogP contribution in [0.3, 0.4) is 0 Å². The molecule has 0 aliphatic heterocycles. The van der Waals surface area contributed by atoms with Gasteiger partial charge in [0.15, 0.2) is 0 Å². The molecule has 171 valence electrons. The van der Waals surface area contributed by atoms with Crippen LogP contribution in [0.4, 0.5) is 0 Å². The fraction of sp³-hybridized carbons (Fsp3) is 0. The molecule has 0 aromatic rings. The van der Waals surface area contributed by atoms with Gasteiger partial charge < -0.3 is 91.9 Å². The Morgan fingerprint density at radius 2 is 0.259 bits per heavy atom. The summed E-state index contributed by atoms with van der Waals surface area (Å²) in [4.78, 5) is 49.5. The first-order valence-electron chi connectivity index (χ1n) is 3.29. The molecular formula is Cu3N6O18. The fourth-order valence-corrected chi connectivity index (χ4v) is 0. The molecule has 27 heteroatoms. The number of rotatable bonds is 0. The monoisotopic (exact) mass is 561 g/mol. The molecule has 0 aromatic carbocycles. The van der Waals surface area contributed by atoms with Crippen LogP contribution in [0.15, 0.2) is 0 Å². The van der Waals surface area contributed by atoms with Crippen molar-refractivity contribution in [2.75, 3.05) is 0 Å². The second-order valence-corrected chi connectivity index (χ2v) is 1.34. The zero-order chi connectivity index (χ0) is 21.5. The molecule has 0 saturated carbocycles. The molecule has 0 aliphatic carbocycles. The summed E-state index contributed by atoms with van der Waals surface area (Å²) in [6.45, 7) is 0. The standard InChI is InChI=1S/3Cu.6NO3/c;;;6*2-1(3)4/q3*+2;6*-1. The van der Waals surface area contributed by atoms with Gasteiger partial charge in [-0.2, -0.15) is 0 Å². The SMILES string of the molecule is O=[N+]([O-])[O-].O=[N+]([O-])[O-].O=[N+]([O-])[O-].O=[N+]([O-])[O-].O=[N+]([O-])[O-].O=[N+]([O-])[O-].[Cu+2].[Cu+2].[Cu+2]. The van der Waals surface area contributed by atoms with Crippen molar-refractivity contribution in [3.05, 3.63) is 91.9 Å². The molecule has 0 atom stereocenters. The van der Waals surface area contributed by atoms with Gasteiger partial charge in [-0.15, -0.1) is 0 Å². The van der Waals surface area contributed by atoms with Crippen LogP contribution in [0.1, 0.15) is 0 Å². The van der Waals surface area contributed by atoms with E-state index in [1.807, 2.05) is 0 Å². The summed E-state index contributed by atoms with van der Waals surface area (Å²) in [5.41, 5.74) is 0. The first-order valence-corrected chi connectivity index (χ1v) is 3.29. The summed E-state index contributed by atoms with van der Waals surface area (Å²) in [6, 6.07) is 0. The van der Waals surface area contributed by atoms with Crippen molar-refractivity contribution in [3.8, 4) is 0 Å². The minimum atomic E-state index is -1.75. The minimum absolute atomic E-state index is 0. The Bertz CT molecular complexity index is 264. The third-order valence-corrected chi connectivity index (χ3v) is 0. The molecule has 0 amide bonds. The van der Waals surface area contributed by atoms with Gasteiger partial charge in [0.25, 0.3) is 0 Å². The molecule has 0 saturated heterocycles. The fourth-order valence-electron chi connectivity index (χ4n) is 0. The average Bonchev–Trinajstić information content (AvgIpc) is 2.08. The Labute approximate surface area is 174 Å². The average molecular weight is 563 g/mol. The summed E-state index contributed by atoms with van der Waals surface area (Å²) in [5.74, 6) is 0. The quantitative estimate of drug-likeness (QED) is 0.185. The Hall–Kier alpha value is -3.24. The smallest absolute Gasteiger partial charge is 0.356 e. The summed E-state index contributed by atoms with van der Waals surface area (Å²) in [7, 11) is 0. The summed E-state index contributed by atoms with van der Waals surface area (Å²) in [6.07, 6.45) is 0. The van der Waals surface area contributed by atoms with E-state index in [1.54, 1.807) is 0 Å². The molecule has 0 unspecified atom stereocenters. The van der Waals surface area contributed by atoms with Crippen LogP contribution in [0, 0.1) is 91.9 Å². The normalized spacial score (nSPS) is 5.33. The molecule has 3 radical (unpaired) electrons. The molecular weight excluding hydrogens is 563 g/mol. The van der Waals surface area contributed by atoms with E-state index in [4.69, 9.17) is 91.9 Å². The zero-order valence-corrected chi connectivity index (χ0v) is 13.8. The van der Waals surface area contributed by atoms with Crippen molar-refractivity contribution in [3.63, 3.8) is 0 Å². The summed E-state index contributed by atoms with van der Waals surface area (Å²) < 4.78 is 0. The maximum absolute atomic E-state index is 8.25. The van der Waals surface area contributed by atoms with E-state index in [2.05, 4.69) is 0 Å². The first kappa shape index (κ1) is 56.5. The van der Waals surface area contributed by atoms with Crippen molar-refractivity contribution in [1.82, 2.24) is 0 Å². The third-order valence-electron chi connectivity index (χ3n) is 0. The largest absolute Gasteiger partial charge is 2.00 e. The molecule has 0 heterocycles. The van der Waals surface area contributed by atoms with Gasteiger partial charge >= 0.3 is 51.2 Å².